The molecule has 0 atom stereocenters. The average molecular weight is 380 g/mol. The van der Waals surface area contributed by atoms with Crippen LogP contribution in [0.15, 0.2) is 60.4 Å². The highest BCUT2D eigenvalue weighted by molar-refractivity contribution is 6.02. The fraction of sp³-hybridized carbons (Fsp3) is 0.174. The number of hydrogen-bond acceptors (Lipinski definition) is 5. The standard InChI is InChI=1S/C23H24O5/c1-16-3-4-18(12-23(16)28-2)7-10-22(27)13-21(26)9-6-17-5-8-19(14-24)20(11-17)15-25/h3-13,24-25,27H,14-15H2,1-2H3/b9-6+,10-7+,22-13-. The Morgan fingerprint density at radius 1 is 0.964 bits per heavy atom. The third kappa shape index (κ3) is 5.94. The van der Waals surface area contributed by atoms with E-state index in [0.29, 0.717) is 16.7 Å². The second-order valence-corrected chi connectivity index (χ2v) is 6.21. The van der Waals surface area contributed by atoms with Gasteiger partial charge in [0.25, 0.3) is 0 Å². The summed E-state index contributed by atoms with van der Waals surface area (Å²) in [4.78, 5) is 12.0. The molecule has 0 unspecified atom stereocenters. The summed E-state index contributed by atoms with van der Waals surface area (Å²) in [5, 5.41) is 28.4. The maximum Gasteiger partial charge on any atom is 0.182 e. The highest BCUT2D eigenvalue weighted by atomic mass is 16.5. The zero-order valence-corrected chi connectivity index (χ0v) is 15.9. The number of methoxy groups -OCH3 is 1. The second-order valence-electron chi connectivity index (χ2n) is 6.21. The number of allylic oxidation sites excluding steroid dienone is 3. The van der Waals surface area contributed by atoms with Gasteiger partial charge in [-0.05, 0) is 59.0 Å². The summed E-state index contributed by atoms with van der Waals surface area (Å²) in [5.41, 5.74) is 3.81. The number of aliphatic hydroxyl groups is 3. The summed E-state index contributed by atoms with van der Waals surface area (Å²) < 4.78 is 5.26. The number of aryl methyl sites for hydroxylation is 1. The van der Waals surface area contributed by atoms with Gasteiger partial charge in [-0.1, -0.05) is 36.4 Å². The average Bonchev–Trinajstić information content (AvgIpc) is 2.71. The summed E-state index contributed by atoms with van der Waals surface area (Å²) in [7, 11) is 1.60. The Morgan fingerprint density at radius 3 is 2.29 bits per heavy atom. The van der Waals surface area contributed by atoms with Gasteiger partial charge in [0, 0.05) is 6.08 Å². The minimum atomic E-state index is -0.375. The lowest BCUT2D eigenvalue weighted by Crippen LogP contribution is -1.94. The van der Waals surface area contributed by atoms with Crippen LogP contribution < -0.4 is 4.74 Å². The molecule has 2 aromatic rings. The summed E-state index contributed by atoms with van der Waals surface area (Å²) in [6.45, 7) is 1.59. The first-order chi connectivity index (χ1) is 13.5. The van der Waals surface area contributed by atoms with Crippen molar-refractivity contribution in [3.63, 3.8) is 0 Å². The van der Waals surface area contributed by atoms with Crippen LogP contribution in [-0.4, -0.2) is 28.2 Å². The molecule has 2 aromatic carbocycles. The van der Waals surface area contributed by atoms with Crippen molar-refractivity contribution < 1.29 is 24.9 Å². The van der Waals surface area contributed by atoms with Gasteiger partial charge < -0.3 is 20.1 Å². The fourth-order valence-corrected chi connectivity index (χ4v) is 2.59. The number of benzene rings is 2. The van der Waals surface area contributed by atoms with Crippen LogP contribution in [0.4, 0.5) is 0 Å². The molecule has 0 aliphatic carbocycles. The molecule has 3 N–H and O–H groups in total. The van der Waals surface area contributed by atoms with Crippen molar-refractivity contribution in [3.05, 3.63) is 88.2 Å². The van der Waals surface area contributed by atoms with E-state index in [1.165, 1.54) is 12.2 Å². The Labute approximate surface area is 164 Å². The second kappa shape index (κ2) is 10.3. The predicted molar refractivity (Wildman–Crippen MR) is 110 cm³/mol. The summed E-state index contributed by atoms with van der Waals surface area (Å²) in [6, 6.07) is 10.8. The predicted octanol–water partition coefficient (Wildman–Crippen LogP) is 3.73. The molecule has 0 bridgehead atoms. The molecule has 0 fully saturated rings. The molecule has 0 saturated heterocycles. The van der Waals surface area contributed by atoms with E-state index in [0.717, 1.165) is 23.0 Å². The van der Waals surface area contributed by atoms with Gasteiger partial charge in [-0.2, -0.15) is 0 Å². The maximum absolute atomic E-state index is 12.0. The quantitative estimate of drug-likeness (QED) is 0.369. The molecule has 0 aromatic heterocycles. The van der Waals surface area contributed by atoms with E-state index < -0.39 is 0 Å². The first-order valence-electron chi connectivity index (χ1n) is 8.75. The van der Waals surface area contributed by atoms with E-state index in [-0.39, 0.29) is 24.8 Å². The number of rotatable bonds is 8. The topological polar surface area (TPSA) is 87.0 Å². The lowest BCUT2D eigenvalue weighted by Gasteiger charge is -2.05. The molecule has 5 nitrogen and oxygen atoms in total. The Balaban J connectivity index is 2.06. The van der Waals surface area contributed by atoms with Crippen molar-refractivity contribution in [2.24, 2.45) is 0 Å². The Kier molecular flexibility index (Phi) is 7.75. The van der Waals surface area contributed by atoms with Crippen LogP contribution in [0.3, 0.4) is 0 Å². The number of aliphatic hydroxyl groups excluding tert-OH is 3. The third-order valence-electron chi connectivity index (χ3n) is 4.18. The molecule has 5 heteroatoms. The lowest BCUT2D eigenvalue weighted by atomic mass is 10.0. The monoisotopic (exact) mass is 380 g/mol. The van der Waals surface area contributed by atoms with Gasteiger partial charge in [-0.15, -0.1) is 0 Å². The van der Waals surface area contributed by atoms with Crippen molar-refractivity contribution in [3.8, 4) is 5.75 Å². The summed E-state index contributed by atoms with van der Waals surface area (Å²) in [5.74, 6) is 0.209. The van der Waals surface area contributed by atoms with Crippen molar-refractivity contribution >= 4 is 17.9 Å². The van der Waals surface area contributed by atoms with Crippen LogP contribution in [-0.2, 0) is 18.0 Å². The van der Waals surface area contributed by atoms with Crippen LogP contribution in [0, 0.1) is 6.92 Å². The number of carbonyl (C=O) groups is 1. The van der Waals surface area contributed by atoms with Crippen molar-refractivity contribution in [2.45, 2.75) is 20.1 Å². The van der Waals surface area contributed by atoms with E-state index in [4.69, 9.17) is 4.74 Å². The zero-order valence-electron chi connectivity index (χ0n) is 15.9. The van der Waals surface area contributed by atoms with Crippen LogP contribution in [0.5, 0.6) is 5.75 Å². The molecule has 2 rings (SSSR count). The highest BCUT2D eigenvalue weighted by Crippen LogP contribution is 2.20. The van der Waals surface area contributed by atoms with Gasteiger partial charge in [-0.25, -0.2) is 0 Å². The van der Waals surface area contributed by atoms with E-state index in [2.05, 4.69) is 0 Å². The first kappa shape index (κ1) is 21.2. The molecule has 0 aliphatic heterocycles. The molecule has 146 valence electrons. The minimum Gasteiger partial charge on any atom is -0.508 e. The summed E-state index contributed by atoms with van der Waals surface area (Å²) in [6.07, 6.45) is 7.16. The van der Waals surface area contributed by atoms with Crippen molar-refractivity contribution in [2.75, 3.05) is 7.11 Å². The van der Waals surface area contributed by atoms with Gasteiger partial charge in [0.15, 0.2) is 5.78 Å². The van der Waals surface area contributed by atoms with E-state index in [1.54, 1.807) is 37.5 Å². The Morgan fingerprint density at radius 2 is 1.61 bits per heavy atom. The zero-order chi connectivity index (χ0) is 20.5. The van der Waals surface area contributed by atoms with E-state index in [1.807, 2.05) is 25.1 Å². The van der Waals surface area contributed by atoms with E-state index >= 15 is 0 Å². The smallest absolute Gasteiger partial charge is 0.182 e. The van der Waals surface area contributed by atoms with Gasteiger partial charge >= 0.3 is 0 Å². The normalized spacial score (nSPS) is 12.1. The number of hydrogen-bond donors (Lipinski definition) is 3. The van der Waals surface area contributed by atoms with E-state index in [9.17, 15) is 20.1 Å². The Hall–Kier alpha value is -3.15. The van der Waals surface area contributed by atoms with Crippen molar-refractivity contribution in [1.29, 1.82) is 0 Å². The minimum absolute atomic E-state index is 0.158. The lowest BCUT2D eigenvalue weighted by molar-refractivity contribution is -0.110. The molecule has 0 saturated carbocycles. The molecule has 0 heterocycles. The van der Waals surface area contributed by atoms with Crippen LogP contribution >= 0.6 is 0 Å². The van der Waals surface area contributed by atoms with Crippen LogP contribution in [0.2, 0.25) is 0 Å². The number of carbonyl (C=O) groups excluding carboxylic acids is 1. The van der Waals surface area contributed by atoms with Gasteiger partial charge in [0.05, 0.1) is 20.3 Å². The first-order valence-corrected chi connectivity index (χ1v) is 8.75. The molecule has 0 spiro atoms. The molecular formula is C23H24O5. The number of ether oxygens (including phenoxy) is 1. The van der Waals surface area contributed by atoms with Crippen LogP contribution in [0.1, 0.15) is 27.8 Å². The molecule has 0 amide bonds. The SMILES string of the molecule is COc1cc(/C=C/C(O)=C/C(=O)/C=C/c2ccc(CO)c(CO)c2)ccc1C. The summed E-state index contributed by atoms with van der Waals surface area (Å²) >= 11 is 0. The van der Waals surface area contributed by atoms with Gasteiger partial charge in [0.2, 0.25) is 0 Å². The van der Waals surface area contributed by atoms with Gasteiger partial charge in [-0.3, -0.25) is 4.79 Å². The van der Waals surface area contributed by atoms with Crippen LogP contribution in [0.25, 0.3) is 12.2 Å². The molecule has 0 radical (unpaired) electrons. The highest BCUT2D eigenvalue weighted by Gasteiger charge is 2.02. The largest absolute Gasteiger partial charge is 0.508 e. The third-order valence-corrected chi connectivity index (χ3v) is 4.18. The Bertz CT molecular complexity index is 923. The molecular weight excluding hydrogens is 356 g/mol. The molecule has 28 heavy (non-hydrogen) atoms. The van der Waals surface area contributed by atoms with Gasteiger partial charge in [0.1, 0.15) is 11.5 Å². The number of ketones is 1. The maximum atomic E-state index is 12.0. The fourth-order valence-electron chi connectivity index (χ4n) is 2.59. The van der Waals surface area contributed by atoms with Crippen molar-refractivity contribution in [1.82, 2.24) is 0 Å². The molecule has 0 aliphatic rings.